The van der Waals surface area contributed by atoms with E-state index < -0.39 is 12.6 Å². The lowest BCUT2D eigenvalue weighted by Crippen LogP contribution is -2.20. The highest BCUT2D eigenvalue weighted by Crippen LogP contribution is 2.35. The number of aliphatic hydroxyl groups excluding tert-OH is 1. The minimum Gasteiger partial charge on any atom is -0.490 e. The molecule has 0 bridgehead atoms. The van der Waals surface area contributed by atoms with E-state index in [4.69, 9.17) is 10.5 Å². The number of aromatic nitrogens is 1. The van der Waals surface area contributed by atoms with Gasteiger partial charge in [0.25, 0.3) is 0 Å². The molecule has 0 unspecified atom stereocenters. The average molecular weight is 316 g/mol. The summed E-state index contributed by atoms with van der Waals surface area (Å²) in [7, 11) is 0. The van der Waals surface area contributed by atoms with E-state index in [0.717, 1.165) is 25.7 Å². The number of nitrogens with zero attached hydrogens (tertiary/aromatic N) is 1. The zero-order valence-electron chi connectivity index (χ0n) is 12.8. The summed E-state index contributed by atoms with van der Waals surface area (Å²) in [6, 6.07) is 5.33. The van der Waals surface area contributed by atoms with Crippen LogP contribution in [0, 0.1) is 0 Å². The molecule has 1 saturated carbocycles. The van der Waals surface area contributed by atoms with Crippen molar-refractivity contribution in [3.8, 4) is 5.75 Å². The second kappa shape index (κ2) is 6.42. The number of ether oxygens (including phenoxy) is 1. The lowest BCUT2D eigenvalue weighted by Gasteiger charge is -2.24. The lowest BCUT2D eigenvalue weighted by molar-refractivity contribution is 0.0694. The van der Waals surface area contributed by atoms with Gasteiger partial charge in [0.1, 0.15) is 11.3 Å². The lowest BCUT2D eigenvalue weighted by atomic mass is 9.97. The summed E-state index contributed by atoms with van der Waals surface area (Å²) in [5.41, 5.74) is 6.63. The van der Waals surface area contributed by atoms with Gasteiger partial charge in [-0.15, -0.1) is 0 Å². The van der Waals surface area contributed by atoms with Crippen molar-refractivity contribution < 1.29 is 19.7 Å². The van der Waals surface area contributed by atoms with Gasteiger partial charge in [-0.1, -0.05) is 12.5 Å². The van der Waals surface area contributed by atoms with Crippen LogP contribution in [0.5, 0.6) is 5.75 Å². The number of nitrogen functional groups attached to an aromatic ring is 1. The van der Waals surface area contributed by atoms with Crippen molar-refractivity contribution in [2.45, 2.75) is 44.8 Å². The number of carboxylic acid groups (broad SMARTS) is 1. The summed E-state index contributed by atoms with van der Waals surface area (Å²) in [6.45, 7) is -0.477. The maximum absolute atomic E-state index is 11.5. The number of carbonyl (C=O) groups is 1. The van der Waals surface area contributed by atoms with E-state index in [2.05, 4.69) is 4.98 Å². The summed E-state index contributed by atoms with van der Waals surface area (Å²) >= 11 is 0. The number of hydrogen-bond acceptors (Lipinski definition) is 5. The molecule has 0 atom stereocenters. The van der Waals surface area contributed by atoms with Crippen LogP contribution in [0.1, 0.15) is 48.2 Å². The molecule has 0 saturated heterocycles. The minimum atomic E-state index is -1.20. The quantitative estimate of drug-likeness (QED) is 0.801. The molecule has 1 aromatic carbocycles. The van der Waals surface area contributed by atoms with Gasteiger partial charge < -0.3 is 20.7 Å². The predicted molar refractivity (Wildman–Crippen MR) is 86.5 cm³/mol. The maximum Gasteiger partial charge on any atom is 0.339 e. The van der Waals surface area contributed by atoms with Gasteiger partial charge >= 0.3 is 5.97 Å². The van der Waals surface area contributed by atoms with Crippen LogP contribution in [0.15, 0.2) is 18.2 Å². The zero-order valence-corrected chi connectivity index (χ0v) is 12.8. The van der Waals surface area contributed by atoms with Crippen LogP contribution in [0.25, 0.3) is 10.9 Å². The van der Waals surface area contributed by atoms with Crippen LogP contribution < -0.4 is 10.5 Å². The summed E-state index contributed by atoms with van der Waals surface area (Å²) in [4.78, 5) is 15.7. The van der Waals surface area contributed by atoms with Crippen molar-refractivity contribution in [1.29, 1.82) is 0 Å². The van der Waals surface area contributed by atoms with Gasteiger partial charge in [-0.2, -0.15) is 0 Å². The van der Waals surface area contributed by atoms with Crippen LogP contribution in [-0.4, -0.2) is 27.3 Å². The summed E-state index contributed by atoms with van der Waals surface area (Å²) in [6.07, 6.45) is 5.60. The first-order chi connectivity index (χ1) is 11.1. The molecule has 0 amide bonds. The fourth-order valence-electron chi connectivity index (χ4n) is 3.18. The Morgan fingerprint density at radius 2 is 2.04 bits per heavy atom. The van der Waals surface area contributed by atoms with E-state index in [0.29, 0.717) is 16.7 Å². The van der Waals surface area contributed by atoms with Crippen LogP contribution in [0.4, 0.5) is 5.69 Å². The van der Waals surface area contributed by atoms with E-state index in [1.165, 1.54) is 6.42 Å². The van der Waals surface area contributed by atoms with Gasteiger partial charge in [-0.05, 0) is 37.8 Å². The van der Waals surface area contributed by atoms with Gasteiger partial charge in [0.05, 0.1) is 35.0 Å². The van der Waals surface area contributed by atoms with Crippen LogP contribution in [0.2, 0.25) is 0 Å². The Balaban J connectivity index is 2.11. The number of nitrogens with two attached hydrogens (primary N) is 1. The summed E-state index contributed by atoms with van der Waals surface area (Å²) < 4.78 is 6.08. The Morgan fingerprint density at radius 1 is 1.30 bits per heavy atom. The van der Waals surface area contributed by atoms with Gasteiger partial charge in [-0.3, -0.25) is 0 Å². The molecule has 2 aromatic rings. The van der Waals surface area contributed by atoms with E-state index in [1.807, 2.05) is 0 Å². The molecule has 6 heteroatoms. The molecule has 122 valence electrons. The van der Waals surface area contributed by atoms with Crippen molar-refractivity contribution in [3.05, 3.63) is 29.5 Å². The normalized spacial score (nSPS) is 15.7. The van der Waals surface area contributed by atoms with Crippen molar-refractivity contribution in [1.82, 2.24) is 4.98 Å². The van der Waals surface area contributed by atoms with E-state index in [-0.39, 0.29) is 23.0 Å². The molecule has 0 spiro atoms. The summed E-state index contributed by atoms with van der Waals surface area (Å²) in [5, 5.41) is 19.3. The van der Waals surface area contributed by atoms with Gasteiger partial charge in [-0.25, -0.2) is 9.78 Å². The van der Waals surface area contributed by atoms with Crippen molar-refractivity contribution in [3.63, 3.8) is 0 Å². The monoisotopic (exact) mass is 316 g/mol. The number of fused-ring (bicyclic) bond motifs is 1. The van der Waals surface area contributed by atoms with Gasteiger partial charge in [0.2, 0.25) is 0 Å². The largest absolute Gasteiger partial charge is 0.490 e. The maximum atomic E-state index is 11.5. The number of aromatic carboxylic acids is 1. The smallest absolute Gasteiger partial charge is 0.339 e. The highest BCUT2D eigenvalue weighted by Gasteiger charge is 2.22. The molecule has 0 aliphatic heterocycles. The highest BCUT2D eigenvalue weighted by atomic mass is 16.5. The third-order valence-electron chi connectivity index (χ3n) is 4.30. The molecule has 1 aliphatic carbocycles. The second-order valence-corrected chi connectivity index (χ2v) is 5.84. The van der Waals surface area contributed by atoms with Crippen molar-refractivity contribution in [2.24, 2.45) is 0 Å². The van der Waals surface area contributed by atoms with Gasteiger partial charge in [0, 0.05) is 0 Å². The van der Waals surface area contributed by atoms with Crippen LogP contribution in [-0.2, 0) is 6.61 Å². The number of rotatable bonds is 4. The molecule has 1 aromatic heterocycles. The van der Waals surface area contributed by atoms with E-state index >= 15 is 0 Å². The number of carboxylic acids is 1. The third-order valence-corrected chi connectivity index (χ3v) is 4.30. The Kier molecular flexibility index (Phi) is 4.34. The first kappa shape index (κ1) is 15.6. The molecule has 1 fully saturated rings. The number of hydrogen-bond donors (Lipinski definition) is 3. The number of aliphatic hydroxyl groups is 1. The molecule has 1 aliphatic rings. The fraction of sp³-hybridized carbons (Fsp3) is 0.412. The molecular weight excluding hydrogens is 296 g/mol. The molecule has 6 nitrogen and oxygen atoms in total. The third kappa shape index (κ3) is 2.94. The Morgan fingerprint density at radius 3 is 2.70 bits per heavy atom. The zero-order chi connectivity index (χ0) is 16.4. The molecule has 4 N–H and O–H groups in total. The van der Waals surface area contributed by atoms with Crippen molar-refractivity contribution in [2.75, 3.05) is 5.73 Å². The fourth-order valence-corrected chi connectivity index (χ4v) is 3.18. The van der Waals surface area contributed by atoms with E-state index in [9.17, 15) is 15.0 Å². The number of pyridine rings is 1. The average Bonchev–Trinajstić information content (AvgIpc) is 2.55. The van der Waals surface area contributed by atoms with Crippen molar-refractivity contribution >= 4 is 22.6 Å². The first-order valence-electron chi connectivity index (χ1n) is 7.83. The molecular formula is C17H20N2O4. The Hall–Kier alpha value is -2.34. The second-order valence-electron chi connectivity index (χ2n) is 5.84. The Bertz CT molecular complexity index is 739. The first-order valence-corrected chi connectivity index (χ1v) is 7.83. The summed E-state index contributed by atoms with van der Waals surface area (Å²) in [5.74, 6) is -0.639. The molecule has 0 radical (unpaired) electrons. The highest BCUT2D eigenvalue weighted by molar-refractivity contribution is 6.06. The molecule has 23 heavy (non-hydrogen) atoms. The SMILES string of the molecule is Nc1c(C(=O)O)c(CO)nc2cccc(OC3CCCCC3)c12. The minimum absolute atomic E-state index is 0.0670. The Labute approximate surface area is 133 Å². The van der Waals surface area contributed by atoms with Crippen LogP contribution in [0.3, 0.4) is 0 Å². The van der Waals surface area contributed by atoms with Gasteiger partial charge in [0.15, 0.2) is 0 Å². The topological polar surface area (TPSA) is 106 Å². The standard InChI is InChI=1S/C17H20N2O4/c18-16-14-11(19-12(9-20)15(16)17(21)22)7-4-8-13(14)23-10-5-2-1-3-6-10/h4,7-8,10,20H,1-3,5-6,9H2,(H2,18,19)(H,21,22). The predicted octanol–water partition coefficient (Wildman–Crippen LogP) is 2.72. The molecule has 1 heterocycles. The van der Waals surface area contributed by atoms with E-state index in [1.54, 1.807) is 18.2 Å². The number of benzene rings is 1. The number of anilines is 1. The molecule has 3 rings (SSSR count). The van der Waals surface area contributed by atoms with Crippen LogP contribution >= 0.6 is 0 Å².